The molecular formula is C15H16IOP. The molecule has 0 bridgehead atoms. The van der Waals surface area contributed by atoms with Crippen molar-refractivity contribution < 1.29 is 4.79 Å². The van der Waals surface area contributed by atoms with Crippen LogP contribution in [0.25, 0.3) is 0 Å². The highest BCUT2D eigenvalue weighted by Crippen LogP contribution is 2.33. The van der Waals surface area contributed by atoms with Gasteiger partial charge in [-0.15, -0.1) is 24.0 Å². The van der Waals surface area contributed by atoms with Gasteiger partial charge in [-0.1, -0.05) is 60.7 Å². The lowest BCUT2D eigenvalue weighted by Crippen LogP contribution is -2.13. The Kier molecular flexibility index (Phi) is 7.14. The number of hydrogen-bond acceptors (Lipinski definition) is 1. The van der Waals surface area contributed by atoms with Gasteiger partial charge in [0, 0.05) is 6.42 Å². The number of halogens is 1. The van der Waals surface area contributed by atoms with E-state index in [1.165, 1.54) is 10.6 Å². The van der Waals surface area contributed by atoms with Gasteiger partial charge in [-0.25, -0.2) is 0 Å². The molecule has 0 N–H and O–H groups in total. The Morgan fingerprint density at radius 1 is 0.833 bits per heavy atom. The van der Waals surface area contributed by atoms with E-state index in [2.05, 4.69) is 48.5 Å². The second kappa shape index (κ2) is 8.39. The zero-order valence-electron chi connectivity index (χ0n) is 10.0. The third-order valence-electron chi connectivity index (χ3n) is 2.61. The second-order valence-electron chi connectivity index (χ2n) is 3.78. The summed E-state index contributed by atoms with van der Waals surface area (Å²) in [7, 11) is -0.388. The Hall–Kier alpha value is -0.730. The van der Waals surface area contributed by atoms with Crippen LogP contribution in [0.2, 0.25) is 0 Å². The van der Waals surface area contributed by atoms with Gasteiger partial charge >= 0.3 is 0 Å². The number of hydrogen-bond donors (Lipinski definition) is 0. The van der Waals surface area contributed by atoms with Gasteiger partial charge in [0.05, 0.1) is 0 Å². The molecule has 1 nitrogen and oxygen atoms in total. The maximum absolute atomic E-state index is 10.6. The fourth-order valence-electron chi connectivity index (χ4n) is 1.80. The molecule has 0 aromatic heterocycles. The lowest BCUT2D eigenvalue weighted by atomic mass is 10.4. The summed E-state index contributed by atoms with van der Waals surface area (Å²) in [5.41, 5.74) is 0. The number of carbonyl (C=O) groups excluding carboxylic acids is 1. The molecule has 0 aliphatic carbocycles. The fourth-order valence-corrected chi connectivity index (χ4v) is 4.05. The summed E-state index contributed by atoms with van der Waals surface area (Å²) >= 11 is 0. The molecule has 0 unspecified atom stereocenters. The molecule has 0 atom stereocenters. The molecule has 0 saturated carbocycles. The van der Waals surface area contributed by atoms with E-state index in [0.29, 0.717) is 6.42 Å². The quantitative estimate of drug-likeness (QED) is 0.448. The SMILES string of the molecule is I.O=CCCP(c1ccccc1)c1ccccc1. The summed E-state index contributed by atoms with van der Waals surface area (Å²) in [6.07, 6.45) is 2.59. The molecule has 2 rings (SSSR count). The van der Waals surface area contributed by atoms with Crippen molar-refractivity contribution >= 4 is 48.8 Å². The third-order valence-corrected chi connectivity index (χ3v) is 5.15. The molecule has 0 aliphatic heterocycles. The van der Waals surface area contributed by atoms with Crippen molar-refractivity contribution in [3.8, 4) is 0 Å². The highest BCUT2D eigenvalue weighted by molar-refractivity contribution is 14.0. The summed E-state index contributed by atoms with van der Waals surface area (Å²) < 4.78 is 0. The van der Waals surface area contributed by atoms with Crippen LogP contribution in [-0.2, 0) is 4.79 Å². The van der Waals surface area contributed by atoms with Crippen molar-refractivity contribution in [2.24, 2.45) is 0 Å². The molecule has 0 saturated heterocycles. The van der Waals surface area contributed by atoms with Crippen LogP contribution in [0.4, 0.5) is 0 Å². The molecule has 0 radical (unpaired) electrons. The van der Waals surface area contributed by atoms with Crippen molar-refractivity contribution in [1.82, 2.24) is 0 Å². The predicted octanol–water partition coefficient (Wildman–Crippen LogP) is 3.33. The Morgan fingerprint density at radius 2 is 1.28 bits per heavy atom. The molecule has 2 aromatic rings. The van der Waals surface area contributed by atoms with Crippen LogP contribution >= 0.6 is 31.9 Å². The largest absolute Gasteiger partial charge is 0.303 e. The van der Waals surface area contributed by atoms with E-state index in [4.69, 9.17) is 0 Å². The number of benzene rings is 2. The Bertz CT molecular complexity index is 419. The van der Waals surface area contributed by atoms with Crippen molar-refractivity contribution in [1.29, 1.82) is 0 Å². The molecular weight excluding hydrogens is 354 g/mol. The number of carbonyl (C=O) groups is 1. The normalized spacial score (nSPS) is 9.83. The van der Waals surface area contributed by atoms with Gasteiger partial charge in [0.25, 0.3) is 0 Å². The Morgan fingerprint density at radius 3 is 1.67 bits per heavy atom. The summed E-state index contributed by atoms with van der Waals surface area (Å²) in [6.45, 7) is 0. The van der Waals surface area contributed by atoms with E-state index < -0.39 is 0 Å². The average molecular weight is 370 g/mol. The number of aldehydes is 1. The zero-order chi connectivity index (χ0) is 11.9. The number of rotatable bonds is 5. The van der Waals surface area contributed by atoms with Gasteiger partial charge in [-0.2, -0.15) is 0 Å². The minimum absolute atomic E-state index is 0. The first-order valence-corrected chi connectivity index (χ1v) is 7.26. The monoisotopic (exact) mass is 370 g/mol. The fraction of sp³-hybridized carbons (Fsp3) is 0.133. The molecule has 0 amide bonds. The summed E-state index contributed by atoms with van der Waals surface area (Å²) in [4.78, 5) is 10.6. The maximum atomic E-state index is 10.6. The summed E-state index contributed by atoms with van der Waals surface area (Å²) in [5.74, 6) is 0. The lowest BCUT2D eigenvalue weighted by molar-refractivity contribution is -0.107. The highest BCUT2D eigenvalue weighted by atomic mass is 127. The Balaban J connectivity index is 0.00000162. The van der Waals surface area contributed by atoms with Crippen LogP contribution in [0.1, 0.15) is 6.42 Å². The van der Waals surface area contributed by atoms with Crippen LogP contribution in [0, 0.1) is 0 Å². The first-order chi connectivity index (χ1) is 8.42. The Labute approximate surface area is 126 Å². The molecule has 0 heterocycles. The van der Waals surface area contributed by atoms with Gasteiger partial charge in [0.15, 0.2) is 0 Å². The van der Waals surface area contributed by atoms with E-state index in [9.17, 15) is 4.79 Å². The van der Waals surface area contributed by atoms with Gasteiger partial charge in [-0.3, -0.25) is 0 Å². The molecule has 2 aromatic carbocycles. The molecule has 18 heavy (non-hydrogen) atoms. The molecule has 94 valence electrons. The molecule has 3 heteroatoms. The molecule has 0 spiro atoms. The van der Waals surface area contributed by atoms with Crippen LogP contribution in [0.5, 0.6) is 0 Å². The van der Waals surface area contributed by atoms with Crippen LogP contribution in [0.3, 0.4) is 0 Å². The predicted molar refractivity (Wildman–Crippen MR) is 90.0 cm³/mol. The summed E-state index contributed by atoms with van der Waals surface area (Å²) in [6, 6.07) is 20.9. The van der Waals surface area contributed by atoms with Gasteiger partial charge in [0.1, 0.15) is 6.29 Å². The van der Waals surface area contributed by atoms with E-state index in [1.54, 1.807) is 0 Å². The highest BCUT2D eigenvalue weighted by Gasteiger charge is 2.12. The topological polar surface area (TPSA) is 17.1 Å². The zero-order valence-corrected chi connectivity index (χ0v) is 13.3. The third kappa shape index (κ3) is 4.18. The lowest BCUT2D eigenvalue weighted by Gasteiger charge is -2.17. The molecule has 0 aliphatic rings. The van der Waals surface area contributed by atoms with Crippen molar-refractivity contribution in [2.45, 2.75) is 6.42 Å². The van der Waals surface area contributed by atoms with Crippen LogP contribution in [-0.4, -0.2) is 12.4 Å². The van der Waals surface area contributed by atoms with E-state index in [-0.39, 0.29) is 31.9 Å². The molecule has 0 fully saturated rings. The van der Waals surface area contributed by atoms with E-state index in [0.717, 1.165) is 12.4 Å². The van der Waals surface area contributed by atoms with Crippen LogP contribution in [0.15, 0.2) is 60.7 Å². The van der Waals surface area contributed by atoms with Gasteiger partial charge in [-0.05, 0) is 24.7 Å². The van der Waals surface area contributed by atoms with E-state index in [1.807, 2.05) is 12.1 Å². The van der Waals surface area contributed by atoms with Crippen LogP contribution < -0.4 is 10.6 Å². The average Bonchev–Trinajstić information content (AvgIpc) is 2.42. The first-order valence-electron chi connectivity index (χ1n) is 5.73. The summed E-state index contributed by atoms with van der Waals surface area (Å²) in [5, 5.41) is 2.69. The standard InChI is InChI=1S/C15H15OP.HI/c16-12-7-13-17(14-8-3-1-4-9-14)15-10-5-2-6-11-15;/h1-6,8-12H,7,13H2;1H. The minimum Gasteiger partial charge on any atom is -0.303 e. The smallest absolute Gasteiger partial charge is 0.120 e. The minimum atomic E-state index is -0.388. The van der Waals surface area contributed by atoms with E-state index >= 15 is 0 Å². The first kappa shape index (κ1) is 15.3. The van der Waals surface area contributed by atoms with Crippen molar-refractivity contribution in [2.75, 3.05) is 6.16 Å². The van der Waals surface area contributed by atoms with Gasteiger partial charge in [0.2, 0.25) is 0 Å². The van der Waals surface area contributed by atoms with Crippen molar-refractivity contribution in [3.05, 3.63) is 60.7 Å². The second-order valence-corrected chi connectivity index (χ2v) is 6.11. The van der Waals surface area contributed by atoms with Crippen molar-refractivity contribution in [3.63, 3.8) is 0 Å². The van der Waals surface area contributed by atoms with Gasteiger partial charge < -0.3 is 4.79 Å². The maximum Gasteiger partial charge on any atom is 0.120 e.